The normalized spacial score (nSPS) is 13.6. The number of furan rings is 1. The van der Waals surface area contributed by atoms with E-state index in [1.807, 2.05) is 11.8 Å². The smallest absolute Gasteiger partial charge is 0.137 e. The molecule has 2 nitrogen and oxygen atoms in total. The summed E-state index contributed by atoms with van der Waals surface area (Å²) in [7, 11) is 0. The fraction of sp³-hybridized carbons (Fsp3) is 0.0196. The second kappa shape index (κ2) is 11.2. The molecular formula is C51H31NOS. The van der Waals surface area contributed by atoms with Crippen molar-refractivity contribution in [1.29, 1.82) is 0 Å². The van der Waals surface area contributed by atoms with Gasteiger partial charge < -0.3 is 9.32 Å². The highest BCUT2D eigenvalue weighted by atomic mass is 32.2. The van der Waals surface area contributed by atoms with Crippen LogP contribution in [0.25, 0.3) is 54.6 Å². The Bertz CT molecular complexity index is 3110. The number of rotatable bonds is 3. The number of para-hydroxylation sites is 1. The second-order valence-electron chi connectivity index (χ2n) is 14.4. The molecule has 1 spiro atoms. The first-order valence-corrected chi connectivity index (χ1v) is 19.3. The predicted octanol–water partition coefficient (Wildman–Crippen LogP) is 14.2. The summed E-state index contributed by atoms with van der Waals surface area (Å²) in [5, 5.41) is 7.25. The van der Waals surface area contributed by atoms with Crippen LogP contribution in [0, 0.1) is 0 Å². The van der Waals surface area contributed by atoms with Crippen molar-refractivity contribution in [3.05, 3.63) is 210 Å². The molecule has 0 fully saturated rings. The highest BCUT2D eigenvalue weighted by molar-refractivity contribution is 7.99. The zero-order chi connectivity index (χ0) is 35.4. The summed E-state index contributed by atoms with van der Waals surface area (Å²) in [6.07, 6.45) is 0. The molecule has 0 saturated heterocycles. The zero-order valence-electron chi connectivity index (χ0n) is 29.2. The number of hydrogen-bond acceptors (Lipinski definition) is 3. The van der Waals surface area contributed by atoms with Crippen molar-refractivity contribution in [1.82, 2.24) is 0 Å². The van der Waals surface area contributed by atoms with E-state index in [0.717, 1.165) is 39.0 Å². The maximum atomic E-state index is 6.62. The van der Waals surface area contributed by atoms with Crippen LogP contribution in [0.1, 0.15) is 22.3 Å². The Morgan fingerprint density at radius 2 is 1.00 bits per heavy atom. The lowest BCUT2D eigenvalue weighted by Gasteiger charge is -2.46. The topological polar surface area (TPSA) is 16.4 Å². The van der Waals surface area contributed by atoms with Crippen molar-refractivity contribution in [2.45, 2.75) is 15.2 Å². The lowest BCUT2D eigenvalue weighted by atomic mass is 9.59. The van der Waals surface area contributed by atoms with Crippen LogP contribution in [0.3, 0.4) is 0 Å². The molecule has 0 bridgehead atoms. The summed E-state index contributed by atoms with van der Waals surface area (Å²) in [5.74, 6) is 0. The molecule has 9 aromatic carbocycles. The van der Waals surface area contributed by atoms with Crippen molar-refractivity contribution < 1.29 is 4.42 Å². The van der Waals surface area contributed by atoms with E-state index in [-0.39, 0.29) is 0 Å². The largest absolute Gasteiger partial charge is 0.456 e. The first-order valence-electron chi connectivity index (χ1n) is 18.5. The molecule has 1 aliphatic heterocycles. The van der Waals surface area contributed by atoms with Gasteiger partial charge in [-0.1, -0.05) is 133 Å². The first kappa shape index (κ1) is 30.0. The third-order valence-corrected chi connectivity index (χ3v) is 12.8. The van der Waals surface area contributed by atoms with Gasteiger partial charge in [0.25, 0.3) is 0 Å². The molecule has 0 unspecified atom stereocenters. The zero-order valence-corrected chi connectivity index (χ0v) is 30.0. The molecule has 3 heteroatoms. The Hall–Kier alpha value is -6.55. The fourth-order valence-corrected chi connectivity index (χ4v) is 10.6. The Labute approximate surface area is 316 Å². The van der Waals surface area contributed by atoms with Gasteiger partial charge >= 0.3 is 0 Å². The molecular weight excluding hydrogens is 675 g/mol. The van der Waals surface area contributed by atoms with Gasteiger partial charge in [-0.05, 0) is 116 Å². The molecule has 2 heterocycles. The van der Waals surface area contributed by atoms with Gasteiger partial charge in [-0.25, -0.2) is 0 Å². The highest BCUT2D eigenvalue weighted by Crippen LogP contribution is 2.61. The average molecular weight is 706 g/mol. The van der Waals surface area contributed by atoms with E-state index in [2.05, 4.69) is 193 Å². The molecule has 0 amide bonds. The van der Waals surface area contributed by atoms with E-state index in [9.17, 15) is 0 Å². The molecule has 12 rings (SSSR count). The molecule has 54 heavy (non-hydrogen) atoms. The molecule has 10 aromatic rings. The van der Waals surface area contributed by atoms with Gasteiger partial charge in [-0.2, -0.15) is 0 Å². The second-order valence-corrected chi connectivity index (χ2v) is 15.5. The van der Waals surface area contributed by atoms with Crippen molar-refractivity contribution in [3.8, 4) is 11.1 Å². The monoisotopic (exact) mass is 705 g/mol. The van der Waals surface area contributed by atoms with Crippen molar-refractivity contribution in [3.63, 3.8) is 0 Å². The van der Waals surface area contributed by atoms with Gasteiger partial charge in [-0.3, -0.25) is 0 Å². The van der Waals surface area contributed by atoms with E-state index in [4.69, 9.17) is 4.42 Å². The Balaban J connectivity index is 1.15. The maximum Gasteiger partial charge on any atom is 0.137 e. The third-order valence-electron chi connectivity index (χ3n) is 11.7. The van der Waals surface area contributed by atoms with Crippen molar-refractivity contribution in [2.75, 3.05) is 4.90 Å². The van der Waals surface area contributed by atoms with E-state index < -0.39 is 5.41 Å². The number of fused-ring (bicyclic) bond motifs is 12. The van der Waals surface area contributed by atoms with Gasteiger partial charge in [0, 0.05) is 43.7 Å². The van der Waals surface area contributed by atoms with Gasteiger partial charge in [-0.15, -0.1) is 0 Å². The summed E-state index contributed by atoms with van der Waals surface area (Å²) in [6, 6.07) is 69.2. The number of hydrogen-bond donors (Lipinski definition) is 0. The molecule has 0 atom stereocenters. The van der Waals surface area contributed by atoms with Crippen LogP contribution < -0.4 is 4.90 Å². The lowest BCUT2D eigenvalue weighted by molar-refractivity contribution is 0.669. The summed E-state index contributed by atoms with van der Waals surface area (Å²) in [5.41, 5.74) is 12.3. The SMILES string of the molecule is c1ccc(N(c2ccc3c(c2)C2(c4ccccc4Sc4ccccc42)c2cccc4cccc-3c24)c2ccc3c(c2)oc2cc4ccccc4cc23)cc1. The number of anilines is 3. The van der Waals surface area contributed by atoms with Gasteiger partial charge in [0.1, 0.15) is 11.2 Å². The Morgan fingerprint density at radius 1 is 0.389 bits per heavy atom. The van der Waals surface area contributed by atoms with E-state index in [1.165, 1.54) is 64.7 Å². The quantitative estimate of drug-likeness (QED) is 0.182. The number of nitrogens with zero attached hydrogens (tertiary/aromatic N) is 1. The standard InChI is InChI=1S/C51H31NOS/c1-2-16-35(17-3-1)52(37-25-27-39-41-28-33-12-4-5-13-34(33)29-46(41)53-47(39)31-37)36-24-26-38-40-18-10-14-32-15-11-21-44(50(32)40)51(45(38)30-36)42-19-6-8-22-48(42)54-49-23-9-7-20-43(49)51/h1-31H. The van der Waals surface area contributed by atoms with Crippen molar-refractivity contribution >= 4 is 72.3 Å². The fourth-order valence-electron chi connectivity index (χ4n) is 9.43. The third kappa shape index (κ3) is 4.07. The number of benzene rings is 9. The molecule has 0 radical (unpaired) electrons. The summed E-state index contributed by atoms with van der Waals surface area (Å²) in [4.78, 5) is 4.98. The minimum atomic E-state index is -0.523. The van der Waals surface area contributed by atoms with E-state index >= 15 is 0 Å². The van der Waals surface area contributed by atoms with Gasteiger partial charge in [0.15, 0.2) is 0 Å². The molecule has 0 N–H and O–H groups in total. The van der Waals surface area contributed by atoms with Crippen molar-refractivity contribution in [2.24, 2.45) is 0 Å². The lowest BCUT2D eigenvalue weighted by Crippen LogP contribution is -2.36. The Morgan fingerprint density at radius 3 is 1.80 bits per heavy atom. The van der Waals surface area contributed by atoms with Crippen LogP contribution in [-0.2, 0) is 5.41 Å². The van der Waals surface area contributed by atoms with Crippen LogP contribution in [0.5, 0.6) is 0 Å². The average Bonchev–Trinajstić information content (AvgIpc) is 3.58. The van der Waals surface area contributed by atoms with Crippen LogP contribution >= 0.6 is 11.8 Å². The van der Waals surface area contributed by atoms with Crippen LogP contribution in [0.15, 0.2) is 202 Å². The molecule has 252 valence electrons. The summed E-state index contributed by atoms with van der Waals surface area (Å²) < 4.78 is 6.62. The predicted molar refractivity (Wildman–Crippen MR) is 225 cm³/mol. The van der Waals surface area contributed by atoms with Crippen LogP contribution in [0.2, 0.25) is 0 Å². The highest BCUT2D eigenvalue weighted by Gasteiger charge is 2.48. The molecule has 1 aliphatic carbocycles. The minimum Gasteiger partial charge on any atom is -0.456 e. The molecule has 2 aliphatic rings. The maximum absolute atomic E-state index is 6.62. The van der Waals surface area contributed by atoms with E-state index in [0.29, 0.717) is 0 Å². The van der Waals surface area contributed by atoms with Crippen LogP contribution in [0.4, 0.5) is 17.1 Å². The van der Waals surface area contributed by atoms with Gasteiger partial charge in [0.2, 0.25) is 0 Å². The van der Waals surface area contributed by atoms with E-state index in [1.54, 1.807) is 0 Å². The minimum absolute atomic E-state index is 0.523. The first-order chi connectivity index (χ1) is 26.8. The molecule has 0 saturated carbocycles. The molecule has 1 aromatic heterocycles. The summed E-state index contributed by atoms with van der Waals surface area (Å²) in [6.45, 7) is 0. The Kier molecular flexibility index (Phi) is 6.23. The van der Waals surface area contributed by atoms with Gasteiger partial charge in [0.05, 0.1) is 5.41 Å². The van der Waals surface area contributed by atoms with Crippen LogP contribution in [-0.4, -0.2) is 0 Å². The summed E-state index contributed by atoms with van der Waals surface area (Å²) >= 11 is 1.88.